The summed E-state index contributed by atoms with van der Waals surface area (Å²) in [6, 6.07) is 5.99. The zero-order chi connectivity index (χ0) is 15.4. The van der Waals surface area contributed by atoms with Crippen molar-refractivity contribution >= 4 is 29.2 Å². The first-order chi connectivity index (χ1) is 9.99. The summed E-state index contributed by atoms with van der Waals surface area (Å²) >= 11 is 12.4. The number of rotatable bonds is 5. The molecule has 0 bridgehead atoms. The molecule has 1 aromatic rings. The topological polar surface area (TPSA) is 40.5 Å². The molecule has 21 heavy (non-hydrogen) atoms. The summed E-state index contributed by atoms with van der Waals surface area (Å²) in [4.78, 5) is 13.0. The highest BCUT2D eigenvalue weighted by Gasteiger charge is 2.25. The molecule has 0 aromatic heterocycles. The van der Waals surface area contributed by atoms with E-state index in [-0.39, 0.29) is 12.5 Å². The number of aliphatic carboxylic acids is 1. The molecular weight excluding hydrogens is 309 g/mol. The van der Waals surface area contributed by atoms with Gasteiger partial charge in [-0.1, -0.05) is 35.3 Å². The largest absolute Gasteiger partial charge is 0.481 e. The van der Waals surface area contributed by atoms with E-state index in [4.69, 9.17) is 28.3 Å². The Morgan fingerprint density at radius 1 is 1.38 bits per heavy atom. The zero-order valence-corrected chi connectivity index (χ0v) is 13.7. The second-order valence-electron chi connectivity index (χ2n) is 5.73. The molecule has 0 aliphatic carbocycles. The Balaban J connectivity index is 1.92. The van der Waals surface area contributed by atoms with E-state index in [0.717, 1.165) is 37.9 Å². The maximum Gasteiger partial charge on any atom is 0.303 e. The summed E-state index contributed by atoms with van der Waals surface area (Å²) in [6.45, 7) is 4.11. The highest BCUT2D eigenvalue weighted by molar-refractivity contribution is 6.42. The molecule has 1 N–H and O–H groups in total. The third-order valence-corrected chi connectivity index (χ3v) is 5.23. The first-order valence-corrected chi connectivity index (χ1v) is 8.14. The van der Waals surface area contributed by atoms with Crippen LogP contribution in [0.5, 0.6) is 0 Å². The fraction of sp³-hybridized carbons (Fsp3) is 0.562. The minimum absolute atomic E-state index is 0.233. The minimum atomic E-state index is -0.698. The van der Waals surface area contributed by atoms with Gasteiger partial charge in [0.25, 0.3) is 0 Å². The van der Waals surface area contributed by atoms with Crippen LogP contribution in [0, 0.1) is 5.92 Å². The second-order valence-corrected chi connectivity index (χ2v) is 6.52. The average Bonchev–Trinajstić information content (AvgIpc) is 2.48. The van der Waals surface area contributed by atoms with Crippen LogP contribution < -0.4 is 0 Å². The first kappa shape index (κ1) is 16.6. The van der Waals surface area contributed by atoms with Crippen molar-refractivity contribution in [2.75, 3.05) is 13.1 Å². The van der Waals surface area contributed by atoms with Crippen molar-refractivity contribution in [3.05, 3.63) is 33.8 Å². The maximum absolute atomic E-state index is 10.6. The Morgan fingerprint density at radius 3 is 2.67 bits per heavy atom. The number of halogens is 2. The molecule has 1 saturated heterocycles. The number of carboxylic acid groups (broad SMARTS) is 1. The monoisotopic (exact) mass is 329 g/mol. The smallest absolute Gasteiger partial charge is 0.303 e. The van der Waals surface area contributed by atoms with E-state index in [9.17, 15) is 4.79 Å². The number of nitrogens with zero attached hydrogens (tertiary/aromatic N) is 1. The molecule has 1 aliphatic rings. The molecule has 5 heteroatoms. The molecule has 2 rings (SSSR count). The molecular formula is C16H21Cl2NO2. The summed E-state index contributed by atoms with van der Waals surface area (Å²) in [5.41, 5.74) is 1.06. The predicted octanol–water partition coefficient (Wildman–Crippen LogP) is 4.63. The van der Waals surface area contributed by atoms with Gasteiger partial charge < -0.3 is 5.11 Å². The Bertz CT molecular complexity index is 499. The maximum atomic E-state index is 10.6. The lowest BCUT2D eigenvalue weighted by molar-refractivity contribution is -0.137. The number of hydrogen-bond donors (Lipinski definition) is 1. The van der Waals surface area contributed by atoms with E-state index in [1.165, 1.54) is 0 Å². The van der Waals surface area contributed by atoms with E-state index in [1.807, 2.05) is 12.1 Å². The lowest BCUT2D eigenvalue weighted by Gasteiger charge is -2.36. The van der Waals surface area contributed by atoms with Gasteiger partial charge in [-0.05, 0) is 56.8 Å². The summed E-state index contributed by atoms with van der Waals surface area (Å²) in [7, 11) is 0. The van der Waals surface area contributed by atoms with Crippen molar-refractivity contribution in [3.8, 4) is 0 Å². The number of carboxylic acids is 1. The Hall–Kier alpha value is -0.770. The van der Waals surface area contributed by atoms with Crippen molar-refractivity contribution in [1.29, 1.82) is 0 Å². The Morgan fingerprint density at radius 2 is 2.05 bits per heavy atom. The van der Waals surface area contributed by atoms with Crippen LogP contribution in [0.2, 0.25) is 10.0 Å². The van der Waals surface area contributed by atoms with Gasteiger partial charge in [0.05, 0.1) is 10.0 Å². The van der Waals surface area contributed by atoms with Gasteiger partial charge in [-0.3, -0.25) is 9.69 Å². The molecule has 116 valence electrons. The SMILES string of the molecule is CC(c1cccc(Cl)c1Cl)N1CCC(CCC(=O)O)CC1. The van der Waals surface area contributed by atoms with Gasteiger partial charge in [0.15, 0.2) is 0 Å². The van der Waals surface area contributed by atoms with Crippen LogP contribution in [0.15, 0.2) is 18.2 Å². The molecule has 1 heterocycles. The van der Waals surface area contributed by atoms with Gasteiger partial charge in [0.1, 0.15) is 0 Å². The number of carbonyl (C=O) groups is 1. The fourth-order valence-electron chi connectivity index (χ4n) is 3.00. The molecule has 1 aliphatic heterocycles. The highest BCUT2D eigenvalue weighted by Crippen LogP contribution is 2.34. The van der Waals surface area contributed by atoms with E-state index in [0.29, 0.717) is 16.0 Å². The van der Waals surface area contributed by atoms with Crippen LogP contribution in [0.25, 0.3) is 0 Å². The number of hydrogen-bond acceptors (Lipinski definition) is 2. The predicted molar refractivity (Wildman–Crippen MR) is 86.0 cm³/mol. The summed E-state index contributed by atoms with van der Waals surface area (Å²) in [5, 5.41) is 9.99. The van der Waals surface area contributed by atoms with Crippen molar-refractivity contribution in [2.24, 2.45) is 5.92 Å². The van der Waals surface area contributed by atoms with Crippen molar-refractivity contribution in [2.45, 2.75) is 38.6 Å². The van der Waals surface area contributed by atoms with Gasteiger partial charge in [-0.15, -0.1) is 0 Å². The molecule has 3 nitrogen and oxygen atoms in total. The molecule has 0 amide bonds. The van der Waals surface area contributed by atoms with Gasteiger partial charge in [0.2, 0.25) is 0 Å². The Labute approximate surface area is 135 Å². The van der Waals surface area contributed by atoms with Gasteiger partial charge in [-0.25, -0.2) is 0 Å². The lowest BCUT2D eigenvalue weighted by Crippen LogP contribution is -2.35. The minimum Gasteiger partial charge on any atom is -0.481 e. The van der Waals surface area contributed by atoms with Crippen LogP contribution in [0.3, 0.4) is 0 Å². The molecule has 0 saturated carbocycles. The summed E-state index contributed by atoms with van der Waals surface area (Å²) in [6.07, 6.45) is 3.17. The van der Waals surface area contributed by atoms with E-state index in [1.54, 1.807) is 6.07 Å². The van der Waals surface area contributed by atoms with Gasteiger partial charge in [-0.2, -0.15) is 0 Å². The standard InChI is InChI=1S/C16H21Cl2NO2/c1-11(13-3-2-4-14(17)16(13)18)19-9-7-12(8-10-19)5-6-15(20)21/h2-4,11-12H,5-10H2,1H3,(H,20,21). The van der Waals surface area contributed by atoms with Crippen LogP contribution >= 0.6 is 23.2 Å². The van der Waals surface area contributed by atoms with Crippen LogP contribution in [-0.4, -0.2) is 29.1 Å². The molecule has 1 aromatic carbocycles. The van der Waals surface area contributed by atoms with E-state index >= 15 is 0 Å². The molecule has 1 atom stereocenters. The molecule has 0 radical (unpaired) electrons. The third-order valence-electron chi connectivity index (χ3n) is 4.39. The summed E-state index contributed by atoms with van der Waals surface area (Å²) in [5.74, 6) is -0.170. The first-order valence-electron chi connectivity index (χ1n) is 7.38. The number of benzene rings is 1. The van der Waals surface area contributed by atoms with E-state index in [2.05, 4.69) is 11.8 Å². The zero-order valence-electron chi connectivity index (χ0n) is 12.2. The van der Waals surface area contributed by atoms with Gasteiger partial charge >= 0.3 is 5.97 Å². The van der Waals surface area contributed by atoms with Crippen LogP contribution in [0.4, 0.5) is 0 Å². The molecule has 1 fully saturated rings. The number of piperidine rings is 1. The third kappa shape index (κ3) is 4.35. The average molecular weight is 330 g/mol. The molecule has 1 unspecified atom stereocenters. The fourth-order valence-corrected chi connectivity index (χ4v) is 3.46. The van der Waals surface area contributed by atoms with Crippen molar-refractivity contribution in [1.82, 2.24) is 4.90 Å². The Kier molecular flexibility index (Phi) is 5.91. The number of likely N-dealkylation sites (tertiary alicyclic amines) is 1. The van der Waals surface area contributed by atoms with Crippen LogP contribution in [-0.2, 0) is 4.79 Å². The van der Waals surface area contributed by atoms with Crippen molar-refractivity contribution < 1.29 is 9.90 Å². The quantitative estimate of drug-likeness (QED) is 0.856. The lowest BCUT2D eigenvalue weighted by atomic mass is 9.91. The summed E-state index contributed by atoms with van der Waals surface area (Å²) < 4.78 is 0. The highest BCUT2D eigenvalue weighted by atomic mass is 35.5. The van der Waals surface area contributed by atoms with Crippen LogP contribution in [0.1, 0.15) is 44.2 Å². The van der Waals surface area contributed by atoms with E-state index < -0.39 is 5.97 Å². The van der Waals surface area contributed by atoms with Gasteiger partial charge in [0, 0.05) is 12.5 Å². The van der Waals surface area contributed by atoms with Crippen molar-refractivity contribution in [3.63, 3.8) is 0 Å². The normalized spacial score (nSPS) is 18.6. The molecule has 0 spiro atoms. The second kappa shape index (κ2) is 7.48.